The molecule has 1 fully saturated rings. The number of aryl methyl sites for hydroxylation is 1. The van der Waals surface area contributed by atoms with E-state index in [9.17, 15) is 4.39 Å². The summed E-state index contributed by atoms with van der Waals surface area (Å²) in [5.41, 5.74) is 5.68. The summed E-state index contributed by atoms with van der Waals surface area (Å²) in [5, 5.41) is 7.30. The molecule has 0 amide bonds. The van der Waals surface area contributed by atoms with Gasteiger partial charge in [0, 0.05) is 41.1 Å². The molecule has 1 saturated carbocycles. The van der Waals surface area contributed by atoms with Crippen LogP contribution in [0.5, 0.6) is 0 Å². The quantitative estimate of drug-likeness (QED) is 0.846. The van der Waals surface area contributed by atoms with Crippen molar-refractivity contribution in [3.63, 3.8) is 0 Å². The molecule has 144 valence electrons. The van der Waals surface area contributed by atoms with Crippen molar-refractivity contribution in [3.8, 4) is 0 Å². The van der Waals surface area contributed by atoms with Crippen LogP contribution in [0.15, 0.2) is 48.1 Å². The first-order valence-corrected chi connectivity index (χ1v) is 10.2. The molecule has 4 nitrogen and oxygen atoms in total. The molecule has 3 aliphatic rings. The van der Waals surface area contributed by atoms with E-state index in [1.165, 1.54) is 24.1 Å². The Morgan fingerprint density at radius 3 is 2.86 bits per heavy atom. The zero-order valence-corrected chi connectivity index (χ0v) is 16.0. The molecule has 2 aromatic rings. The molecule has 0 spiro atoms. The van der Waals surface area contributed by atoms with Crippen molar-refractivity contribution >= 4 is 11.4 Å². The first-order chi connectivity index (χ1) is 13.7. The van der Waals surface area contributed by atoms with E-state index in [0.29, 0.717) is 17.6 Å². The summed E-state index contributed by atoms with van der Waals surface area (Å²) in [7, 11) is 0. The van der Waals surface area contributed by atoms with Gasteiger partial charge in [0.05, 0.1) is 11.9 Å². The number of rotatable bonds is 5. The molecule has 0 bridgehead atoms. The Bertz CT molecular complexity index is 967. The molecule has 1 atom stereocenters. The fourth-order valence-corrected chi connectivity index (χ4v) is 4.46. The van der Waals surface area contributed by atoms with E-state index in [4.69, 9.17) is 0 Å². The van der Waals surface area contributed by atoms with Crippen LogP contribution in [-0.2, 0) is 12.8 Å². The van der Waals surface area contributed by atoms with E-state index < -0.39 is 0 Å². The van der Waals surface area contributed by atoms with Crippen LogP contribution < -0.4 is 0 Å². The number of allylic oxidation sites excluding steroid dienone is 1. The van der Waals surface area contributed by atoms with Gasteiger partial charge in [-0.1, -0.05) is 18.7 Å². The SMILES string of the molecule is C=C(c1ccc(C2=NCCC=C2)c(F)c1)N(C1CC1)C1CCc2[nH]ncc2C1. The van der Waals surface area contributed by atoms with Crippen LogP contribution in [0, 0.1) is 5.82 Å². The Balaban J connectivity index is 1.40. The van der Waals surface area contributed by atoms with Crippen LogP contribution in [-0.4, -0.2) is 39.4 Å². The molecule has 1 N–H and O–H groups in total. The fourth-order valence-electron chi connectivity index (χ4n) is 4.46. The Morgan fingerprint density at radius 1 is 1.21 bits per heavy atom. The highest BCUT2D eigenvalue weighted by atomic mass is 19.1. The number of fused-ring (bicyclic) bond motifs is 1. The zero-order chi connectivity index (χ0) is 19.1. The van der Waals surface area contributed by atoms with Crippen molar-refractivity contribution in [2.75, 3.05) is 6.54 Å². The zero-order valence-electron chi connectivity index (χ0n) is 16.0. The van der Waals surface area contributed by atoms with Gasteiger partial charge < -0.3 is 4.90 Å². The first kappa shape index (κ1) is 17.4. The Hall–Kier alpha value is -2.69. The molecule has 0 saturated heterocycles. The lowest BCUT2D eigenvalue weighted by atomic mass is 9.91. The van der Waals surface area contributed by atoms with Gasteiger partial charge in [0.25, 0.3) is 0 Å². The minimum Gasteiger partial charge on any atom is -0.365 e. The lowest BCUT2D eigenvalue weighted by Crippen LogP contribution is -2.39. The summed E-state index contributed by atoms with van der Waals surface area (Å²) in [4.78, 5) is 6.89. The topological polar surface area (TPSA) is 44.3 Å². The van der Waals surface area contributed by atoms with Gasteiger partial charge in [-0.3, -0.25) is 10.1 Å². The monoisotopic (exact) mass is 376 g/mol. The van der Waals surface area contributed by atoms with Gasteiger partial charge in [-0.25, -0.2) is 4.39 Å². The number of H-pyrrole nitrogens is 1. The van der Waals surface area contributed by atoms with Gasteiger partial charge in [-0.05, 0) is 62.3 Å². The maximum Gasteiger partial charge on any atom is 0.133 e. The maximum atomic E-state index is 14.9. The van der Waals surface area contributed by atoms with Crippen molar-refractivity contribution in [1.82, 2.24) is 15.1 Å². The average Bonchev–Trinajstić information content (AvgIpc) is 3.44. The predicted octanol–water partition coefficient (Wildman–Crippen LogP) is 4.29. The smallest absolute Gasteiger partial charge is 0.133 e. The van der Waals surface area contributed by atoms with Crippen LogP contribution in [0.25, 0.3) is 5.70 Å². The summed E-state index contributed by atoms with van der Waals surface area (Å²) in [6.07, 6.45) is 12.3. The van der Waals surface area contributed by atoms with Crippen molar-refractivity contribution in [1.29, 1.82) is 0 Å². The minimum absolute atomic E-state index is 0.222. The molecule has 1 aromatic heterocycles. The lowest BCUT2D eigenvalue weighted by Gasteiger charge is -2.37. The number of nitrogens with zero attached hydrogens (tertiary/aromatic N) is 3. The molecular formula is C23H25FN4. The van der Waals surface area contributed by atoms with Gasteiger partial charge >= 0.3 is 0 Å². The Labute approximate surface area is 164 Å². The number of aromatic nitrogens is 2. The summed E-state index contributed by atoms with van der Waals surface area (Å²) in [6.45, 7) is 5.11. The van der Waals surface area contributed by atoms with Crippen LogP contribution in [0.3, 0.4) is 0 Å². The van der Waals surface area contributed by atoms with Crippen LogP contribution in [0.2, 0.25) is 0 Å². The molecule has 5 heteroatoms. The van der Waals surface area contributed by atoms with Crippen LogP contribution in [0.4, 0.5) is 4.39 Å². The summed E-state index contributed by atoms with van der Waals surface area (Å²) in [6, 6.07) is 6.40. The number of benzene rings is 1. The maximum absolute atomic E-state index is 14.9. The standard InChI is InChI=1S/C23H25FN4/c1-15(16-5-9-20(21(24)13-16)23-4-2-3-11-25-23)28(18-6-7-18)19-8-10-22-17(12-19)14-26-27-22/h2,4-5,9,13-14,18-19H,1,3,6-8,10-12H2,(H,26,27). The molecule has 28 heavy (non-hydrogen) atoms. The van der Waals surface area contributed by atoms with E-state index in [1.54, 1.807) is 6.07 Å². The van der Waals surface area contributed by atoms with E-state index in [2.05, 4.69) is 32.7 Å². The first-order valence-electron chi connectivity index (χ1n) is 10.2. The van der Waals surface area contributed by atoms with Gasteiger partial charge in [-0.15, -0.1) is 0 Å². The van der Waals surface area contributed by atoms with Gasteiger partial charge in [-0.2, -0.15) is 5.10 Å². The number of hydrogen-bond donors (Lipinski definition) is 1. The molecular weight excluding hydrogens is 351 g/mol. The second-order valence-electron chi connectivity index (χ2n) is 8.01. The van der Waals surface area contributed by atoms with Crippen LogP contribution >= 0.6 is 0 Å². The lowest BCUT2D eigenvalue weighted by molar-refractivity contribution is 0.259. The van der Waals surface area contributed by atoms with E-state index in [1.807, 2.05) is 24.4 Å². The van der Waals surface area contributed by atoms with Gasteiger partial charge in [0.1, 0.15) is 5.82 Å². The number of hydrogen-bond acceptors (Lipinski definition) is 3. The highest BCUT2D eigenvalue weighted by Crippen LogP contribution is 2.38. The highest BCUT2D eigenvalue weighted by Gasteiger charge is 2.37. The molecule has 1 aliphatic heterocycles. The van der Waals surface area contributed by atoms with Crippen LogP contribution in [0.1, 0.15) is 48.1 Å². The molecule has 0 radical (unpaired) electrons. The fraction of sp³-hybridized carbons (Fsp3) is 0.391. The van der Waals surface area contributed by atoms with E-state index in [-0.39, 0.29) is 5.82 Å². The number of aromatic amines is 1. The Kier molecular flexibility index (Phi) is 4.38. The predicted molar refractivity (Wildman–Crippen MR) is 110 cm³/mol. The minimum atomic E-state index is -0.222. The normalized spacial score (nSPS) is 21.2. The van der Waals surface area contributed by atoms with E-state index in [0.717, 1.165) is 49.2 Å². The molecule has 5 rings (SSSR count). The number of aliphatic imine (C=N–C) groups is 1. The van der Waals surface area contributed by atoms with Crippen molar-refractivity contribution < 1.29 is 4.39 Å². The Morgan fingerprint density at radius 2 is 2.11 bits per heavy atom. The molecule has 1 aromatic carbocycles. The summed E-state index contributed by atoms with van der Waals surface area (Å²) >= 11 is 0. The third-order valence-electron chi connectivity index (χ3n) is 6.07. The molecule has 2 heterocycles. The third-order valence-corrected chi connectivity index (χ3v) is 6.07. The van der Waals surface area contributed by atoms with Crippen molar-refractivity contribution in [2.45, 2.75) is 50.6 Å². The molecule has 1 unspecified atom stereocenters. The highest BCUT2D eigenvalue weighted by molar-refractivity contribution is 6.09. The summed E-state index contributed by atoms with van der Waals surface area (Å²) in [5.74, 6) is -0.222. The van der Waals surface area contributed by atoms with Crippen molar-refractivity contribution in [2.24, 2.45) is 4.99 Å². The second kappa shape index (κ2) is 7.04. The number of dihydropyridines is 1. The summed E-state index contributed by atoms with van der Waals surface area (Å²) < 4.78 is 14.9. The molecule has 2 aliphatic carbocycles. The average molecular weight is 376 g/mol. The third kappa shape index (κ3) is 3.19. The number of halogens is 1. The van der Waals surface area contributed by atoms with Gasteiger partial charge in [0.2, 0.25) is 0 Å². The largest absolute Gasteiger partial charge is 0.365 e. The van der Waals surface area contributed by atoms with Gasteiger partial charge in [0.15, 0.2) is 0 Å². The second-order valence-corrected chi connectivity index (χ2v) is 8.01. The van der Waals surface area contributed by atoms with E-state index >= 15 is 0 Å². The van der Waals surface area contributed by atoms with Crippen molar-refractivity contribution in [3.05, 3.63) is 71.3 Å². The number of nitrogens with one attached hydrogen (secondary N) is 1.